The van der Waals surface area contributed by atoms with Gasteiger partial charge in [0.1, 0.15) is 0 Å². The lowest BCUT2D eigenvalue weighted by atomic mass is 10.0. The number of thiophene rings is 1. The van der Waals surface area contributed by atoms with Crippen molar-refractivity contribution in [2.75, 3.05) is 6.61 Å². The van der Waals surface area contributed by atoms with E-state index in [4.69, 9.17) is 10.5 Å². The molecule has 1 aromatic heterocycles. The Hall–Kier alpha value is -0.380. The standard InChI is InChI=1S/C13H21NOS/c1-2-12-5-6-13(16-12)9-10(14)8-11-4-3-7-15-11/h5-6,10-11H,2-4,7-9,14H2,1H3. The summed E-state index contributed by atoms with van der Waals surface area (Å²) in [5.74, 6) is 0. The van der Waals surface area contributed by atoms with E-state index in [1.807, 2.05) is 11.3 Å². The normalized spacial score (nSPS) is 22.5. The van der Waals surface area contributed by atoms with Crippen LogP contribution in [-0.4, -0.2) is 18.8 Å². The molecule has 16 heavy (non-hydrogen) atoms. The zero-order chi connectivity index (χ0) is 11.4. The first-order chi connectivity index (χ1) is 7.78. The van der Waals surface area contributed by atoms with Gasteiger partial charge in [-0.05, 0) is 44.2 Å². The second-order valence-corrected chi connectivity index (χ2v) is 5.81. The van der Waals surface area contributed by atoms with Gasteiger partial charge in [-0.25, -0.2) is 0 Å². The van der Waals surface area contributed by atoms with Gasteiger partial charge in [0.15, 0.2) is 0 Å². The fraction of sp³-hybridized carbons (Fsp3) is 0.692. The van der Waals surface area contributed by atoms with Crippen LogP contribution in [0.3, 0.4) is 0 Å². The van der Waals surface area contributed by atoms with Crippen molar-refractivity contribution in [2.24, 2.45) is 5.73 Å². The molecule has 0 amide bonds. The van der Waals surface area contributed by atoms with Crippen molar-refractivity contribution in [1.29, 1.82) is 0 Å². The molecule has 0 saturated carbocycles. The zero-order valence-electron chi connectivity index (χ0n) is 9.95. The summed E-state index contributed by atoms with van der Waals surface area (Å²) in [6, 6.07) is 4.70. The molecule has 2 unspecified atom stereocenters. The van der Waals surface area contributed by atoms with Gasteiger partial charge in [-0.3, -0.25) is 0 Å². The van der Waals surface area contributed by atoms with Crippen molar-refractivity contribution in [1.82, 2.24) is 0 Å². The SMILES string of the molecule is CCc1ccc(CC(N)CC2CCCO2)s1. The van der Waals surface area contributed by atoms with Crippen molar-refractivity contribution in [3.63, 3.8) is 0 Å². The van der Waals surface area contributed by atoms with Crippen LogP contribution in [0.15, 0.2) is 12.1 Å². The van der Waals surface area contributed by atoms with E-state index < -0.39 is 0 Å². The van der Waals surface area contributed by atoms with Gasteiger partial charge in [0.05, 0.1) is 6.10 Å². The average molecular weight is 239 g/mol. The zero-order valence-corrected chi connectivity index (χ0v) is 10.8. The predicted octanol–water partition coefficient (Wildman–Crippen LogP) is 2.75. The van der Waals surface area contributed by atoms with Crippen LogP contribution in [0, 0.1) is 0 Å². The summed E-state index contributed by atoms with van der Waals surface area (Å²) >= 11 is 1.90. The first-order valence-corrected chi connectivity index (χ1v) is 7.04. The number of hydrogen-bond donors (Lipinski definition) is 1. The maximum absolute atomic E-state index is 6.16. The molecule has 1 aromatic rings. The number of rotatable bonds is 5. The molecule has 2 N–H and O–H groups in total. The lowest BCUT2D eigenvalue weighted by molar-refractivity contribution is 0.0984. The highest BCUT2D eigenvalue weighted by Gasteiger charge is 2.19. The Balaban J connectivity index is 1.79. The van der Waals surface area contributed by atoms with Crippen LogP contribution >= 0.6 is 11.3 Å². The molecule has 1 aliphatic heterocycles. The van der Waals surface area contributed by atoms with Crippen molar-refractivity contribution in [3.8, 4) is 0 Å². The number of hydrogen-bond acceptors (Lipinski definition) is 3. The number of nitrogens with two attached hydrogens (primary N) is 1. The fourth-order valence-corrected chi connectivity index (χ4v) is 3.28. The van der Waals surface area contributed by atoms with Crippen LogP contribution < -0.4 is 5.73 Å². The summed E-state index contributed by atoms with van der Waals surface area (Å²) in [6.45, 7) is 3.12. The van der Waals surface area contributed by atoms with Crippen molar-refractivity contribution in [2.45, 2.75) is 51.2 Å². The van der Waals surface area contributed by atoms with E-state index in [0.29, 0.717) is 6.10 Å². The fourth-order valence-electron chi connectivity index (χ4n) is 2.23. The third-order valence-electron chi connectivity index (χ3n) is 3.12. The molecule has 2 heterocycles. The number of ether oxygens (including phenoxy) is 1. The minimum atomic E-state index is 0.256. The third kappa shape index (κ3) is 3.30. The van der Waals surface area contributed by atoms with Crippen LogP contribution in [0.25, 0.3) is 0 Å². The van der Waals surface area contributed by atoms with E-state index in [0.717, 1.165) is 25.9 Å². The van der Waals surface area contributed by atoms with Crippen LogP contribution in [-0.2, 0) is 17.6 Å². The summed E-state index contributed by atoms with van der Waals surface area (Å²) < 4.78 is 5.61. The lowest BCUT2D eigenvalue weighted by Gasteiger charge is -2.15. The van der Waals surface area contributed by atoms with Gasteiger partial charge in [0, 0.05) is 22.4 Å². The van der Waals surface area contributed by atoms with Crippen LogP contribution in [0.4, 0.5) is 0 Å². The monoisotopic (exact) mass is 239 g/mol. The first kappa shape index (κ1) is 12.1. The summed E-state index contributed by atoms with van der Waals surface area (Å²) in [6.07, 6.45) is 5.96. The molecule has 0 aromatic carbocycles. The molecular weight excluding hydrogens is 218 g/mol. The van der Waals surface area contributed by atoms with Gasteiger partial charge in [-0.2, -0.15) is 0 Å². The second kappa shape index (κ2) is 5.80. The summed E-state index contributed by atoms with van der Waals surface area (Å²) in [4.78, 5) is 2.88. The summed E-state index contributed by atoms with van der Waals surface area (Å²) in [7, 11) is 0. The van der Waals surface area contributed by atoms with Gasteiger partial charge in [-0.1, -0.05) is 6.92 Å². The molecule has 1 fully saturated rings. The van der Waals surface area contributed by atoms with E-state index in [-0.39, 0.29) is 6.04 Å². The first-order valence-electron chi connectivity index (χ1n) is 6.22. The van der Waals surface area contributed by atoms with Crippen molar-refractivity contribution >= 4 is 11.3 Å². The lowest BCUT2D eigenvalue weighted by Crippen LogP contribution is -2.27. The highest BCUT2D eigenvalue weighted by Crippen LogP contribution is 2.21. The maximum atomic E-state index is 6.16. The molecular formula is C13H21NOS. The molecule has 3 heteroatoms. The molecule has 1 saturated heterocycles. The van der Waals surface area contributed by atoms with Crippen LogP contribution in [0.5, 0.6) is 0 Å². The minimum Gasteiger partial charge on any atom is -0.378 e. The summed E-state index contributed by atoms with van der Waals surface area (Å²) in [5, 5.41) is 0. The van der Waals surface area contributed by atoms with Gasteiger partial charge >= 0.3 is 0 Å². The van der Waals surface area contributed by atoms with Crippen molar-refractivity contribution in [3.05, 3.63) is 21.9 Å². The predicted molar refractivity (Wildman–Crippen MR) is 69.0 cm³/mol. The van der Waals surface area contributed by atoms with E-state index in [1.165, 1.54) is 22.6 Å². The van der Waals surface area contributed by atoms with Crippen LogP contribution in [0.1, 0.15) is 35.9 Å². The number of aryl methyl sites for hydroxylation is 1. The van der Waals surface area contributed by atoms with E-state index in [9.17, 15) is 0 Å². The molecule has 2 atom stereocenters. The van der Waals surface area contributed by atoms with E-state index in [1.54, 1.807) is 0 Å². The van der Waals surface area contributed by atoms with Gasteiger partial charge in [-0.15, -0.1) is 11.3 Å². The Morgan fingerprint density at radius 2 is 2.31 bits per heavy atom. The highest BCUT2D eigenvalue weighted by atomic mass is 32.1. The molecule has 1 aliphatic rings. The minimum absolute atomic E-state index is 0.256. The Morgan fingerprint density at radius 1 is 1.50 bits per heavy atom. The Morgan fingerprint density at radius 3 is 2.94 bits per heavy atom. The molecule has 90 valence electrons. The Bertz CT molecular complexity index is 317. The van der Waals surface area contributed by atoms with E-state index in [2.05, 4.69) is 19.1 Å². The molecule has 0 aliphatic carbocycles. The smallest absolute Gasteiger partial charge is 0.0590 e. The third-order valence-corrected chi connectivity index (χ3v) is 4.37. The molecule has 0 spiro atoms. The molecule has 2 rings (SSSR count). The van der Waals surface area contributed by atoms with Gasteiger partial charge in [0.25, 0.3) is 0 Å². The molecule has 2 nitrogen and oxygen atoms in total. The van der Waals surface area contributed by atoms with Gasteiger partial charge in [0.2, 0.25) is 0 Å². The molecule has 0 bridgehead atoms. The van der Waals surface area contributed by atoms with Gasteiger partial charge < -0.3 is 10.5 Å². The van der Waals surface area contributed by atoms with Crippen LogP contribution in [0.2, 0.25) is 0 Å². The quantitative estimate of drug-likeness (QED) is 0.857. The maximum Gasteiger partial charge on any atom is 0.0590 e. The molecule has 0 radical (unpaired) electrons. The van der Waals surface area contributed by atoms with E-state index >= 15 is 0 Å². The van der Waals surface area contributed by atoms with Crippen molar-refractivity contribution < 1.29 is 4.74 Å². The second-order valence-electron chi connectivity index (χ2n) is 4.56. The Labute approximate surface area is 102 Å². The summed E-state index contributed by atoms with van der Waals surface area (Å²) in [5.41, 5.74) is 6.16. The topological polar surface area (TPSA) is 35.2 Å². The largest absolute Gasteiger partial charge is 0.378 e. The average Bonchev–Trinajstić information content (AvgIpc) is 2.89. The Kier molecular flexibility index (Phi) is 4.38. The highest BCUT2D eigenvalue weighted by molar-refractivity contribution is 7.11.